The van der Waals surface area contributed by atoms with Crippen LogP contribution in [0.2, 0.25) is 5.02 Å². The molecule has 1 aliphatic rings. The summed E-state index contributed by atoms with van der Waals surface area (Å²) >= 11 is 6.03. The number of benzene rings is 1. The van der Waals surface area contributed by atoms with Crippen molar-refractivity contribution < 1.29 is 4.79 Å². The first-order valence-electron chi connectivity index (χ1n) is 4.95. The molecule has 1 aromatic carbocycles. The molecule has 2 N–H and O–H groups in total. The molecule has 0 bridgehead atoms. The lowest BCUT2D eigenvalue weighted by Gasteiger charge is -2.30. The number of hydrogen-bond acceptors (Lipinski definition) is 1. The van der Waals surface area contributed by atoms with Crippen molar-refractivity contribution in [3.8, 4) is 0 Å². The Bertz CT molecular complexity index is 404. The first-order chi connectivity index (χ1) is 7.09. The SMILES string of the molecule is CC(C)C1NC(=O)Nc2c(Cl)cccc21. The fourth-order valence-electron chi connectivity index (χ4n) is 1.83. The van der Waals surface area contributed by atoms with Gasteiger partial charge in [0.1, 0.15) is 0 Å². The van der Waals surface area contributed by atoms with Gasteiger partial charge in [0.25, 0.3) is 0 Å². The van der Waals surface area contributed by atoms with Crippen LogP contribution in [0.25, 0.3) is 0 Å². The fourth-order valence-corrected chi connectivity index (χ4v) is 2.06. The number of hydrogen-bond donors (Lipinski definition) is 2. The molecule has 80 valence electrons. The zero-order chi connectivity index (χ0) is 11.0. The van der Waals surface area contributed by atoms with E-state index in [-0.39, 0.29) is 12.1 Å². The Morgan fingerprint density at radius 3 is 2.80 bits per heavy atom. The Balaban J connectivity index is 2.51. The van der Waals surface area contributed by atoms with Crippen LogP contribution < -0.4 is 10.6 Å². The zero-order valence-corrected chi connectivity index (χ0v) is 9.43. The molecule has 0 spiro atoms. The summed E-state index contributed by atoms with van der Waals surface area (Å²) in [6.45, 7) is 4.14. The number of carbonyl (C=O) groups is 1. The maximum absolute atomic E-state index is 11.4. The van der Waals surface area contributed by atoms with Gasteiger partial charge in [-0.1, -0.05) is 37.6 Å². The second-order valence-electron chi connectivity index (χ2n) is 4.02. The average molecular weight is 225 g/mol. The van der Waals surface area contributed by atoms with Crippen molar-refractivity contribution in [2.45, 2.75) is 19.9 Å². The Hall–Kier alpha value is -1.22. The van der Waals surface area contributed by atoms with Gasteiger partial charge in [0.05, 0.1) is 16.8 Å². The van der Waals surface area contributed by atoms with Crippen LogP contribution in [0.1, 0.15) is 25.5 Å². The molecular weight excluding hydrogens is 212 g/mol. The van der Waals surface area contributed by atoms with Crippen molar-refractivity contribution in [1.82, 2.24) is 5.32 Å². The topological polar surface area (TPSA) is 41.1 Å². The highest BCUT2D eigenvalue weighted by molar-refractivity contribution is 6.34. The van der Waals surface area contributed by atoms with Gasteiger partial charge in [0.15, 0.2) is 0 Å². The molecule has 0 aliphatic carbocycles. The summed E-state index contributed by atoms with van der Waals surface area (Å²) < 4.78 is 0. The lowest BCUT2D eigenvalue weighted by atomic mass is 9.93. The Morgan fingerprint density at radius 1 is 1.40 bits per heavy atom. The smallest absolute Gasteiger partial charge is 0.319 e. The average Bonchev–Trinajstić information content (AvgIpc) is 2.18. The summed E-state index contributed by atoms with van der Waals surface area (Å²) in [6.07, 6.45) is 0. The summed E-state index contributed by atoms with van der Waals surface area (Å²) in [4.78, 5) is 11.4. The van der Waals surface area contributed by atoms with E-state index in [1.807, 2.05) is 12.1 Å². The number of amides is 2. The molecule has 4 heteroatoms. The molecule has 0 saturated carbocycles. The zero-order valence-electron chi connectivity index (χ0n) is 8.67. The molecule has 15 heavy (non-hydrogen) atoms. The predicted octanol–water partition coefficient (Wildman–Crippen LogP) is 3.17. The molecule has 1 heterocycles. The summed E-state index contributed by atoms with van der Waals surface area (Å²) in [5.41, 5.74) is 1.79. The molecule has 0 fully saturated rings. The third kappa shape index (κ3) is 1.79. The van der Waals surface area contributed by atoms with E-state index in [1.54, 1.807) is 6.07 Å². The third-order valence-corrected chi connectivity index (χ3v) is 2.89. The number of rotatable bonds is 1. The van der Waals surface area contributed by atoms with Gasteiger partial charge < -0.3 is 10.6 Å². The van der Waals surface area contributed by atoms with E-state index < -0.39 is 0 Å². The monoisotopic (exact) mass is 224 g/mol. The Kier molecular flexibility index (Phi) is 2.57. The standard InChI is InChI=1S/C11H13ClN2O/c1-6(2)9-7-4-3-5-8(12)10(7)14-11(15)13-9/h3-6,9H,1-2H3,(H2,13,14,15). The third-order valence-electron chi connectivity index (χ3n) is 2.57. The molecule has 0 radical (unpaired) electrons. The second-order valence-corrected chi connectivity index (χ2v) is 4.43. The van der Waals surface area contributed by atoms with Gasteiger partial charge in [-0.3, -0.25) is 0 Å². The number of nitrogens with one attached hydrogen (secondary N) is 2. The van der Waals surface area contributed by atoms with E-state index in [4.69, 9.17) is 11.6 Å². The van der Waals surface area contributed by atoms with Gasteiger partial charge in [0.2, 0.25) is 0 Å². The first-order valence-corrected chi connectivity index (χ1v) is 5.33. The molecule has 1 unspecified atom stereocenters. The van der Waals surface area contributed by atoms with Gasteiger partial charge in [-0.25, -0.2) is 4.79 Å². The highest BCUT2D eigenvalue weighted by atomic mass is 35.5. The summed E-state index contributed by atoms with van der Waals surface area (Å²) in [6, 6.07) is 5.51. The quantitative estimate of drug-likeness (QED) is 0.756. The van der Waals surface area contributed by atoms with Crippen molar-refractivity contribution in [3.05, 3.63) is 28.8 Å². The number of carbonyl (C=O) groups excluding carboxylic acids is 1. The highest BCUT2D eigenvalue weighted by Gasteiger charge is 2.27. The van der Waals surface area contributed by atoms with Crippen LogP contribution >= 0.6 is 11.6 Å². The molecule has 1 aliphatic heterocycles. The van der Waals surface area contributed by atoms with E-state index in [0.29, 0.717) is 10.9 Å². The highest BCUT2D eigenvalue weighted by Crippen LogP contribution is 2.36. The van der Waals surface area contributed by atoms with Gasteiger partial charge in [0, 0.05) is 0 Å². The van der Waals surface area contributed by atoms with E-state index in [0.717, 1.165) is 11.3 Å². The van der Waals surface area contributed by atoms with Crippen LogP contribution in [0.4, 0.5) is 10.5 Å². The second kappa shape index (κ2) is 3.74. The molecule has 2 rings (SSSR count). The molecule has 1 atom stereocenters. The van der Waals surface area contributed by atoms with Crippen LogP contribution in [0.5, 0.6) is 0 Å². The molecule has 0 aromatic heterocycles. The Labute approximate surface area is 93.8 Å². The minimum absolute atomic E-state index is 0.0347. The van der Waals surface area contributed by atoms with Crippen LogP contribution in [0, 0.1) is 5.92 Å². The lowest BCUT2D eigenvalue weighted by molar-refractivity contribution is 0.243. The maximum Gasteiger partial charge on any atom is 0.319 e. The number of halogens is 1. The van der Waals surface area contributed by atoms with E-state index in [9.17, 15) is 4.79 Å². The molecule has 1 aromatic rings. The van der Waals surface area contributed by atoms with Gasteiger partial charge >= 0.3 is 6.03 Å². The molecule has 2 amide bonds. The minimum atomic E-state index is -0.186. The van der Waals surface area contributed by atoms with Crippen LogP contribution in [-0.2, 0) is 0 Å². The van der Waals surface area contributed by atoms with Crippen LogP contribution in [-0.4, -0.2) is 6.03 Å². The van der Waals surface area contributed by atoms with Gasteiger partial charge in [-0.15, -0.1) is 0 Å². The first kappa shape index (κ1) is 10.3. The number of urea groups is 1. The normalized spacial score (nSPS) is 19.5. The van der Waals surface area contributed by atoms with Crippen molar-refractivity contribution in [1.29, 1.82) is 0 Å². The lowest BCUT2D eigenvalue weighted by Crippen LogP contribution is -2.40. The van der Waals surface area contributed by atoms with Crippen molar-refractivity contribution >= 4 is 23.3 Å². The van der Waals surface area contributed by atoms with Crippen molar-refractivity contribution in [2.24, 2.45) is 5.92 Å². The van der Waals surface area contributed by atoms with Crippen molar-refractivity contribution in [3.63, 3.8) is 0 Å². The largest absolute Gasteiger partial charge is 0.331 e. The molecule has 3 nitrogen and oxygen atoms in total. The van der Waals surface area contributed by atoms with E-state index in [1.165, 1.54) is 0 Å². The maximum atomic E-state index is 11.4. The minimum Gasteiger partial charge on any atom is -0.331 e. The van der Waals surface area contributed by atoms with Gasteiger partial charge in [-0.05, 0) is 17.5 Å². The summed E-state index contributed by atoms with van der Waals surface area (Å²) in [7, 11) is 0. The molecular formula is C11H13ClN2O. The van der Waals surface area contributed by atoms with Crippen molar-refractivity contribution in [2.75, 3.05) is 5.32 Å². The fraction of sp³-hybridized carbons (Fsp3) is 0.364. The van der Waals surface area contributed by atoms with E-state index in [2.05, 4.69) is 24.5 Å². The van der Waals surface area contributed by atoms with Gasteiger partial charge in [-0.2, -0.15) is 0 Å². The number of anilines is 1. The number of fused-ring (bicyclic) bond motifs is 1. The molecule has 0 saturated heterocycles. The van der Waals surface area contributed by atoms with Crippen LogP contribution in [0.15, 0.2) is 18.2 Å². The Morgan fingerprint density at radius 2 is 2.13 bits per heavy atom. The summed E-state index contributed by atoms with van der Waals surface area (Å²) in [5, 5.41) is 6.21. The van der Waals surface area contributed by atoms with E-state index >= 15 is 0 Å². The van der Waals surface area contributed by atoms with Crippen LogP contribution in [0.3, 0.4) is 0 Å². The number of para-hydroxylation sites is 1. The summed E-state index contributed by atoms with van der Waals surface area (Å²) in [5.74, 6) is 0.341. The predicted molar refractivity (Wildman–Crippen MR) is 61.2 cm³/mol.